The molecule has 1 heterocycles. The summed E-state index contributed by atoms with van der Waals surface area (Å²) >= 11 is 0. The van der Waals surface area contributed by atoms with Crippen LogP contribution in [0.2, 0.25) is 0 Å². The number of rotatable bonds is 5. The molecule has 0 aliphatic carbocycles. The Labute approximate surface area is 121 Å². The lowest BCUT2D eigenvalue weighted by atomic mass is 9.82. The SMILES string of the molecule is CCCC1(Cc2cccc(OC)c2F)CCCCCN1. The van der Waals surface area contributed by atoms with E-state index in [1.807, 2.05) is 12.1 Å². The number of nitrogens with one attached hydrogen (secondary N) is 1. The standard InChI is InChI=1S/C17H26FNO/c1-3-10-17(11-5-4-6-12-19-17)13-14-8-7-9-15(20-2)16(14)18/h7-9,19H,3-6,10-13H2,1-2H3. The predicted molar refractivity (Wildman–Crippen MR) is 80.8 cm³/mol. The molecule has 112 valence electrons. The minimum Gasteiger partial charge on any atom is -0.494 e. The van der Waals surface area contributed by atoms with Crippen LogP contribution >= 0.6 is 0 Å². The molecule has 0 spiro atoms. The third-order valence-corrected chi connectivity index (χ3v) is 4.35. The Balaban J connectivity index is 2.23. The maximum atomic E-state index is 14.4. The molecule has 2 nitrogen and oxygen atoms in total. The second-order valence-electron chi connectivity index (χ2n) is 5.88. The summed E-state index contributed by atoms with van der Waals surface area (Å²) in [5, 5.41) is 3.70. The van der Waals surface area contributed by atoms with Crippen LogP contribution in [0.5, 0.6) is 5.75 Å². The Morgan fingerprint density at radius 1 is 1.30 bits per heavy atom. The van der Waals surface area contributed by atoms with Crippen LogP contribution in [0.1, 0.15) is 51.0 Å². The highest BCUT2D eigenvalue weighted by molar-refractivity contribution is 5.32. The van der Waals surface area contributed by atoms with Gasteiger partial charge in [-0.25, -0.2) is 4.39 Å². The van der Waals surface area contributed by atoms with Crippen LogP contribution < -0.4 is 10.1 Å². The summed E-state index contributed by atoms with van der Waals surface area (Å²) in [5.41, 5.74) is 0.825. The van der Waals surface area contributed by atoms with Crippen molar-refractivity contribution in [3.05, 3.63) is 29.6 Å². The van der Waals surface area contributed by atoms with Gasteiger partial charge in [0.1, 0.15) is 0 Å². The van der Waals surface area contributed by atoms with E-state index >= 15 is 0 Å². The van der Waals surface area contributed by atoms with Gasteiger partial charge < -0.3 is 10.1 Å². The smallest absolute Gasteiger partial charge is 0.168 e. The Bertz CT molecular complexity index is 425. The quantitative estimate of drug-likeness (QED) is 0.877. The molecule has 0 bridgehead atoms. The fourth-order valence-electron chi connectivity index (χ4n) is 3.35. The average molecular weight is 279 g/mol. The van der Waals surface area contributed by atoms with Crippen molar-refractivity contribution < 1.29 is 9.13 Å². The van der Waals surface area contributed by atoms with Crippen molar-refractivity contribution in [2.24, 2.45) is 0 Å². The molecular weight excluding hydrogens is 253 g/mol. The van der Waals surface area contributed by atoms with E-state index in [9.17, 15) is 4.39 Å². The van der Waals surface area contributed by atoms with Gasteiger partial charge in [-0.15, -0.1) is 0 Å². The molecule has 1 aliphatic heterocycles. The molecule has 1 atom stereocenters. The lowest BCUT2D eigenvalue weighted by Crippen LogP contribution is -2.46. The Morgan fingerprint density at radius 3 is 2.90 bits per heavy atom. The summed E-state index contributed by atoms with van der Waals surface area (Å²) in [6, 6.07) is 5.46. The number of hydrogen-bond donors (Lipinski definition) is 1. The van der Waals surface area contributed by atoms with Crippen LogP contribution in [0, 0.1) is 5.82 Å². The molecule has 0 amide bonds. The molecule has 0 radical (unpaired) electrons. The maximum absolute atomic E-state index is 14.4. The summed E-state index contributed by atoms with van der Waals surface area (Å²) in [5.74, 6) is 0.152. The van der Waals surface area contributed by atoms with E-state index in [-0.39, 0.29) is 11.4 Å². The zero-order valence-corrected chi connectivity index (χ0v) is 12.7. The van der Waals surface area contributed by atoms with Crippen LogP contribution in [0.25, 0.3) is 0 Å². The lowest BCUT2D eigenvalue weighted by molar-refractivity contribution is 0.283. The number of hydrogen-bond acceptors (Lipinski definition) is 2. The van der Waals surface area contributed by atoms with E-state index < -0.39 is 0 Å². The number of methoxy groups -OCH3 is 1. The van der Waals surface area contributed by atoms with Gasteiger partial charge in [0.2, 0.25) is 0 Å². The molecule has 1 fully saturated rings. The molecule has 1 unspecified atom stereocenters. The van der Waals surface area contributed by atoms with Crippen LogP contribution in [-0.2, 0) is 6.42 Å². The van der Waals surface area contributed by atoms with E-state index in [4.69, 9.17) is 4.74 Å². The minimum absolute atomic E-state index is 0.0540. The molecule has 0 saturated carbocycles. The fourth-order valence-corrected chi connectivity index (χ4v) is 3.35. The van der Waals surface area contributed by atoms with Crippen molar-refractivity contribution in [3.8, 4) is 5.75 Å². The van der Waals surface area contributed by atoms with Crippen LogP contribution in [0.4, 0.5) is 4.39 Å². The van der Waals surface area contributed by atoms with Crippen molar-refractivity contribution in [2.45, 2.75) is 57.4 Å². The molecule has 1 aliphatic rings. The predicted octanol–water partition coefficient (Wildman–Crippen LogP) is 4.08. The van der Waals surface area contributed by atoms with Crippen LogP contribution in [0.3, 0.4) is 0 Å². The molecule has 3 heteroatoms. The zero-order valence-electron chi connectivity index (χ0n) is 12.7. The van der Waals surface area contributed by atoms with Gasteiger partial charge in [0, 0.05) is 5.54 Å². The number of benzene rings is 1. The maximum Gasteiger partial charge on any atom is 0.168 e. The van der Waals surface area contributed by atoms with Gasteiger partial charge in [0.25, 0.3) is 0 Å². The molecule has 1 N–H and O–H groups in total. The summed E-state index contributed by atoms with van der Waals surface area (Å²) in [6.07, 6.45) is 7.85. The lowest BCUT2D eigenvalue weighted by Gasteiger charge is -2.34. The van der Waals surface area contributed by atoms with Crippen LogP contribution in [0.15, 0.2) is 18.2 Å². The molecule has 1 aromatic carbocycles. The van der Waals surface area contributed by atoms with Gasteiger partial charge in [0.15, 0.2) is 11.6 Å². The molecular formula is C17H26FNO. The minimum atomic E-state index is -0.198. The van der Waals surface area contributed by atoms with Gasteiger partial charge in [-0.05, 0) is 43.9 Å². The third kappa shape index (κ3) is 3.51. The van der Waals surface area contributed by atoms with Crippen molar-refractivity contribution in [1.82, 2.24) is 5.32 Å². The van der Waals surface area contributed by atoms with Crippen molar-refractivity contribution >= 4 is 0 Å². The first-order chi connectivity index (χ1) is 9.71. The van der Waals surface area contributed by atoms with E-state index in [0.717, 1.165) is 37.8 Å². The Morgan fingerprint density at radius 2 is 2.15 bits per heavy atom. The molecule has 0 aromatic heterocycles. The monoisotopic (exact) mass is 279 g/mol. The summed E-state index contributed by atoms with van der Waals surface area (Å²) in [6.45, 7) is 3.25. The van der Waals surface area contributed by atoms with Crippen molar-refractivity contribution in [1.29, 1.82) is 0 Å². The molecule has 1 aromatic rings. The van der Waals surface area contributed by atoms with E-state index in [2.05, 4.69) is 12.2 Å². The normalized spacial score (nSPS) is 23.4. The highest BCUT2D eigenvalue weighted by atomic mass is 19.1. The second-order valence-corrected chi connectivity index (χ2v) is 5.88. The molecule has 1 saturated heterocycles. The topological polar surface area (TPSA) is 21.3 Å². The van der Waals surface area contributed by atoms with Gasteiger partial charge >= 0.3 is 0 Å². The largest absolute Gasteiger partial charge is 0.494 e. The highest BCUT2D eigenvalue weighted by Gasteiger charge is 2.31. The first-order valence-electron chi connectivity index (χ1n) is 7.77. The summed E-state index contributed by atoms with van der Waals surface area (Å²) < 4.78 is 19.5. The third-order valence-electron chi connectivity index (χ3n) is 4.35. The molecule has 20 heavy (non-hydrogen) atoms. The number of ether oxygens (including phenoxy) is 1. The van der Waals surface area contributed by atoms with E-state index in [0.29, 0.717) is 5.75 Å². The van der Waals surface area contributed by atoms with E-state index in [1.165, 1.54) is 26.4 Å². The van der Waals surface area contributed by atoms with Crippen LogP contribution in [-0.4, -0.2) is 19.2 Å². The fraction of sp³-hybridized carbons (Fsp3) is 0.647. The zero-order chi connectivity index (χ0) is 14.4. The van der Waals surface area contributed by atoms with Crippen molar-refractivity contribution in [3.63, 3.8) is 0 Å². The van der Waals surface area contributed by atoms with E-state index in [1.54, 1.807) is 6.07 Å². The number of halogens is 1. The average Bonchev–Trinajstić information content (AvgIpc) is 2.68. The Hall–Kier alpha value is -1.09. The van der Waals surface area contributed by atoms with Gasteiger partial charge in [-0.2, -0.15) is 0 Å². The van der Waals surface area contributed by atoms with Gasteiger partial charge in [0.05, 0.1) is 7.11 Å². The van der Waals surface area contributed by atoms with Gasteiger partial charge in [-0.1, -0.05) is 38.3 Å². The van der Waals surface area contributed by atoms with Crippen molar-refractivity contribution in [2.75, 3.05) is 13.7 Å². The first-order valence-corrected chi connectivity index (χ1v) is 7.77. The summed E-state index contributed by atoms with van der Waals surface area (Å²) in [4.78, 5) is 0. The first kappa shape index (κ1) is 15.3. The Kier molecular flexibility index (Phi) is 5.41. The second kappa shape index (κ2) is 7.07. The van der Waals surface area contributed by atoms with Gasteiger partial charge in [-0.3, -0.25) is 0 Å². The highest BCUT2D eigenvalue weighted by Crippen LogP contribution is 2.31. The summed E-state index contributed by atoms with van der Waals surface area (Å²) in [7, 11) is 1.52. The molecule has 2 rings (SSSR count).